The van der Waals surface area contributed by atoms with Crippen LogP contribution >= 0.6 is 39.1 Å². The van der Waals surface area contributed by atoms with E-state index in [1.54, 1.807) is 0 Å². The van der Waals surface area contributed by atoms with E-state index >= 15 is 0 Å². The van der Waals surface area contributed by atoms with Crippen LogP contribution in [0.25, 0.3) is 0 Å². The number of hydrogen-bond donors (Lipinski definition) is 0. The van der Waals surface area contributed by atoms with Crippen LogP contribution in [-0.2, 0) is 0 Å². The average molecular weight is 348 g/mol. The Hall–Kier alpha value is -0.900. The standard InChI is InChI=1S/C13H6BrCl2FO/c14-8-1-2-12(17)11(5-8)13(18)7-3-9(15)6-10(16)4-7/h1-6H. The van der Waals surface area contributed by atoms with Crippen LogP contribution in [0.4, 0.5) is 4.39 Å². The van der Waals surface area contributed by atoms with Crippen LogP contribution in [0, 0.1) is 5.82 Å². The topological polar surface area (TPSA) is 17.1 Å². The molecule has 0 unspecified atom stereocenters. The molecule has 92 valence electrons. The van der Waals surface area contributed by atoms with E-state index in [1.807, 2.05) is 0 Å². The van der Waals surface area contributed by atoms with Crippen molar-refractivity contribution in [3.8, 4) is 0 Å². The van der Waals surface area contributed by atoms with Gasteiger partial charge in [0, 0.05) is 20.1 Å². The lowest BCUT2D eigenvalue weighted by molar-refractivity contribution is 0.103. The fraction of sp³-hybridized carbons (Fsp3) is 0. The van der Waals surface area contributed by atoms with Gasteiger partial charge in [0.05, 0.1) is 5.56 Å². The van der Waals surface area contributed by atoms with Crippen LogP contribution in [0.2, 0.25) is 10.0 Å². The first-order valence-electron chi connectivity index (χ1n) is 4.93. The summed E-state index contributed by atoms with van der Waals surface area (Å²) in [5.74, 6) is -1.04. The SMILES string of the molecule is O=C(c1cc(Cl)cc(Cl)c1)c1cc(Br)ccc1F. The zero-order valence-corrected chi connectivity index (χ0v) is 12.0. The molecule has 2 aromatic rings. The molecule has 2 aromatic carbocycles. The molecule has 0 spiro atoms. The predicted molar refractivity (Wildman–Crippen MR) is 74.0 cm³/mol. The highest BCUT2D eigenvalue weighted by Crippen LogP contribution is 2.23. The van der Waals surface area contributed by atoms with Crippen molar-refractivity contribution in [3.63, 3.8) is 0 Å². The van der Waals surface area contributed by atoms with Crippen LogP contribution in [0.15, 0.2) is 40.9 Å². The van der Waals surface area contributed by atoms with E-state index in [0.717, 1.165) is 0 Å². The van der Waals surface area contributed by atoms with Gasteiger partial charge in [-0.2, -0.15) is 0 Å². The van der Waals surface area contributed by atoms with Crippen molar-refractivity contribution in [1.29, 1.82) is 0 Å². The summed E-state index contributed by atoms with van der Waals surface area (Å²) in [4.78, 5) is 12.1. The second kappa shape index (κ2) is 5.39. The van der Waals surface area contributed by atoms with E-state index in [1.165, 1.54) is 36.4 Å². The summed E-state index contributed by atoms with van der Waals surface area (Å²) in [6.07, 6.45) is 0. The second-order valence-corrected chi connectivity index (χ2v) is 5.40. The Morgan fingerprint density at radius 3 is 2.28 bits per heavy atom. The summed E-state index contributed by atoms with van der Waals surface area (Å²) in [6.45, 7) is 0. The van der Waals surface area contributed by atoms with E-state index in [4.69, 9.17) is 23.2 Å². The number of halogens is 4. The Morgan fingerprint density at radius 1 is 1.06 bits per heavy atom. The Bertz CT molecular complexity index is 608. The molecule has 0 aliphatic heterocycles. The van der Waals surface area contributed by atoms with Crippen molar-refractivity contribution in [2.24, 2.45) is 0 Å². The average Bonchev–Trinajstić information content (AvgIpc) is 2.30. The molecule has 2 rings (SSSR count). The van der Waals surface area contributed by atoms with Gasteiger partial charge >= 0.3 is 0 Å². The van der Waals surface area contributed by atoms with Gasteiger partial charge in [-0.15, -0.1) is 0 Å². The highest BCUT2D eigenvalue weighted by Gasteiger charge is 2.15. The maximum absolute atomic E-state index is 13.6. The van der Waals surface area contributed by atoms with Gasteiger partial charge in [-0.1, -0.05) is 39.1 Å². The monoisotopic (exact) mass is 346 g/mol. The van der Waals surface area contributed by atoms with Gasteiger partial charge in [0.2, 0.25) is 0 Å². The van der Waals surface area contributed by atoms with Crippen molar-refractivity contribution >= 4 is 44.9 Å². The molecule has 0 bridgehead atoms. The van der Waals surface area contributed by atoms with E-state index in [9.17, 15) is 9.18 Å². The molecular formula is C13H6BrCl2FO. The zero-order chi connectivity index (χ0) is 13.3. The highest BCUT2D eigenvalue weighted by molar-refractivity contribution is 9.10. The molecule has 5 heteroatoms. The first-order chi connectivity index (χ1) is 8.47. The van der Waals surface area contributed by atoms with Gasteiger partial charge in [-0.3, -0.25) is 4.79 Å². The predicted octanol–water partition coefficient (Wildman–Crippen LogP) is 5.13. The molecule has 0 aliphatic carbocycles. The molecule has 18 heavy (non-hydrogen) atoms. The molecule has 0 heterocycles. The Labute approximate surface area is 122 Å². The first kappa shape index (κ1) is 13.5. The third kappa shape index (κ3) is 2.91. The number of ketones is 1. The van der Waals surface area contributed by atoms with E-state index in [2.05, 4.69) is 15.9 Å². The van der Waals surface area contributed by atoms with Crippen LogP contribution in [-0.4, -0.2) is 5.78 Å². The fourth-order valence-electron chi connectivity index (χ4n) is 1.51. The minimum atomic E-state index is -0.584. The van der Waals surface area contributed by atoms with Crippen LogP contribution in [0.5, 0.6) is 0 Å². The maximum Gasteiger partial charge on any atom is 0.196 e. The van der Waals surface area contributed by atoms with Gasteiger partial charge < -0.3 is 0 Å². The molecule has 0 N–H and O–H groups in total. The number of carbonyl (C=O) groups is 1. The van der Waals surface area contributed by atoms with Gasteiger partial charge in [-0.05, 0) is 36.4 Å². The fourth-order valence-corrected chi connectivity index (χ4v) is 2.40. The molecule has 0 saturated carbocycles. The lowest BCUT2D eigenvalue weighted by Gasteiger charge is -2.05. The lowest BCUT2D eigenvalue weighted by Crippen LogP contribution is -2.04. The summed E-state index contributed by atoms with van der Waals surface area (Å²) in [5, 5.41) is 0.669. The molecule has 0 aromatic heterocycles. The number of hydrogen-bond acceptors (Lipinski definition) is 1. The van der Waals surface area contributed by atoms with E-state index < -0.39 is 11.6 Å². The van der Waals surface area contributed by atoms with Crippen molar-refractivity contribution in [3.05, 3.63) is 67.9 Å². The molecule has 1 nitrogen and oxygen atoms in total. The van der Waals surface area contributed by atoms with Crippen LogP contribution in [0.3, 0.4) is 0 Å². The normalized spacial score (nSPS) is 10.4. The molecule has 0 atom stereocenters. The molecule has 0 fully saturated rings. The summed E-state index contributed by atoms with van der Waals surface area (Å²) < 4.78 is 14.2. The summed E-state index contributed by atoms with van der Waals surface area (Å²) in [5.41, 5.74) is 0.229. The Balaban J connectivity index is 2.51. The van der Waals surface area contributed by atoms with Crippen molar-refractivity contribution in [2.45, 2.75) is 0 Å². The van der Waals surface area contributed by atoms with Gasteiger partial charge in [-0.25, -0.2) is 4.39 Å². The number of carbonyl (C=O) groups excluding carboxylic acids is 1. The van der Waals surface area contributed by atoms with Crippen molar-refractivity contribution < 1.29 is 9.18 Å². The van der Waals surface area contributed by atoms with E-state index in [-0.39, 0.29) is 11.1 Å². The molecule has 0 amide bonds. The highest BCUT2D eigenvalue weighted by atomic mass is 79.9. The third-order valence-electron chi connectivity index (χ3n) is 2.30. The third-order valence-corrected chi connectivity index (χ3v) is 3.23. The summed E-state index contributed by atoms with van der Waals surface area (Å²) >= 11 is 14.8. The quantitative estimate of drug-likeness (QED) is 0.688. The summed E-state index contributed by atoms with van der Waals surface area (Å²) in [6, 6.07) is 8.59. The van der Waals surface area contributed by atoms with Crippen molar-refractivity contribution in [2.75, 3.05) is 0 Å². The molecular weight excluding hydrogens is 342 g/mol. The van der Waals surface area contributed by atoms with Gasteiger partial charge in [0.1, 0.15) is 5.82 Å². The van der Waals surface area contributed by atoms with Crippen LogP contribution < -0.4 is 0 Å². The van der Waals surface area contributed by atoms with Gasteiger partial charge in [0.15, 0.2) is 5.78 Å². The molecule has 0 radical (unpaired) electrons. The largest absolute Gasteiger partial charge is 0.288 e. The minimum Gasteiger partial charge on any atom is -0.288 e. The van der Waals surface area contributed by atoms with Gasteiger partial charge in [0.25, 0.3) is 0 Å². The Kier molecular flexibility index (Phi) is 4.05. The van der Waals surface area contributed by atoms with E-state index in [0.29, 0.717) is 14.5 Å². The smallest absolute Gasteiger partial charge is 0.196 e. The number of rotatable bonds is 2. The second-order valence-electron chi connectivity index (χ2n) is 3.61. The lowest BCUT2D eigenvalue weighted by atomic mass is 10.0. The minimum absolute atomic E-state index is 0.0253. The first-order valence-corrected chi connectivity index (χ1v) is 6.48. The molecule has 0 saturated heterocycles. The maximum atomic E-state index is 13.6. The Morgan fingerprint density at radius 2 is 1.67 bits per heavy atom. The summed E-state index contributed by atoms with van der Waals surface area (Å²) in [7, 11) is 0. The van der Waals surface area contributed by atoms with Crippen LogP contribution in [0.1, 0.15) is 15.9 Å². The van der Waals surface area contributed by atoms with Crippen molar-refractivity contribution in [1.82, 2.24) is 0 Å². The zero-order valence-electron chi connectivity index (χ0n) is 8.88. The number of benzene rings is 2. The molecule has 0 aliphatic rings.